The van der Waals surface area contributed by atoms with Gasteiger partial charge < -0.3 is 24.9 Å². The topological polar surface area (TPSA) is 93.0 Å². The van der Waals surface area contributed by atoms with Crippen LogP contribution in [0.4, 0.5) is 23.4 Å². The Morgan fingerprint density at radius 3 is 2.42 bits per heavy atom. The second-order valence-electron chi connectivity index (χ2n) is 11.1. The van der Waals surface area contributed by atoms with Gasteiger partial charge in [0.15, 0.2) is 0 Å². The number of alkyl halides is 3. The van der Waals surface area contributed by atoms with Gasteiger partial charge >= 0.3 is 6.18 Å². The smallest absolute Gasteiger partial charge is 0.393 e. The molecular formula is C28H35F4N5O3. The number of hydrogen-bond donors (Lipinski definition) is 2. The number of piperazine rings is 1. The molecular weight excluding hydrogens is 530 g/mol. The van der Waals surface area contributed by atoms with Gasteiger partial charge in [-0.05, 0) is 55.8 Å². The summed E-state index contributed by atoms with van der Waals surface area (Å²) in [7, 11) is 0. The van der Waals surface area contributed by atoms with E-state index in [0.717, 1.165) is 17.4 Å². The summed E-state index contributed by atoms with van der Waals surface area (Å²) in [4.78, 5) is 28.4. The Balaban J connectivity index is 1.32. The number of rotatable bonds is 6. The summed E-state index contributed by atoms with van der Waals surface area (Å²) in [5.41, 5.74) is 0.453. The molecule has 8 nitrogen and oxygen atoms in total. The van der Waals surface area contributed by atoms with E-state index in [4.69, 9.17) is 0 Å². The molecule has 3 atom stereocenters. The summed E-state index contributed by atoms with van der Waals surface area (Å²) in [6, 6.07) is 2.77. The Kier molecular flexibility index (Phi) is 8.30. The second kappa shape index (κ2) is 11.6. The van der Waals surface area contributed by atoms with Gasteiger partial charge in [-0.25, -0.2) is 14.4 Å². The summed E-state index contributed by atoms with van der Waals surface area (Å²) >= 11 is 0. The number of aliphatic hydroxyl groups excluding tert-OH is 2. The van der Waals surface area contributed by atoms with Crippen molar-refractivity contribution in [1.82, 2.24) is 19.8 Å². The highest BCUT2D eigenvalue weighted by Crippen LogP contribution is 2.43. The normalized spacial score (nSPS) is 23.4. The predicted octanol–water partition coefficient (Wildman–Crippen LogP) is 3.45. The highest BCUT2D eigenvalue weighted by Gasteiger charge is 2.37. The minimum Gasteiger partial charge on any atom is -0.393 e. The molecule has 1 amide bonds. The van der Waals surface area contributed by atoms with Crippen molar-refractivity contribution in [3.8, 4) is 0 Å². The third-order valence-corrected chi connectivity index (χ3v) is 8.46. The van der Waals surface area contributed by atoms with Crippen LogP contribution in [-0.4, -0.2) is 87.8 Å². The number of carbonyl (C=O) groups is 1. The maximum Gasteiger partial charge on any atom is 0.419 e. The van der Waals surface area contributed by atoms with Crippen LogP contribution in [0.1, 0.15) is 72.9 Å². The minimum absolute atomic E-state index is 0.107. The van der Waals surface area contributed by atoms with E-state index in [1.165, 1.54) is 12.4 Å². The summed E-state index contributed by atoms with van der Waals surface area (Å²) in [6.07, 6.45) is -2.19. The molecule has 2 N–H and O–H groups in total. The number of carbonyl (C=O) groups excluding carboxylic acids is 1. The maximum atomic E-state index is 14.5. The van der Waals surface area contributed by atoms with Crippen molar-refractivity contribution >= 4 is 11.7 Å². The van der Waals surface area contributed by atoms with E-state index in [1.807, 2.05) is 6.92 Å². The Hall–Kier alpha value is -2.83. The average molecular weight is 566 g/mol. The number of amides is 1. The second-order valence-corrected chi connectivity index (χ2v) is 11.1. The fraction of sp³-hybridized carbons (Fsp3) is 0.607. The number of aliphatic hydroxyl groups is 2. The van der Waals surface area contributed by atoms with Crippen molar-refractivity contribution in [2.75, 3.05) is 50.7 Å². The Bertz CT molecular complexity index is 1210. The average Bonchev–Trinajstić information content (AvgIpc) is 3.22. The third kappa shape index (κ3) is 5.94. The molecule has 40 heavy (non-hydrogen) atoms. The Morgan fingerprint density at radius 1 is 1.07 bits per heavy atom. The lowest BCUT2D eigenvalue weighted by Crippen LogP contribution is -2.50. The van der Waals surface area contributed by atoms with Crippen molar-refractivity contribution < 1.29 is 32.6 Å². The van der Waals surface area contributed by atoms with Crippen LogP contribution < -0.4 is 4.90 Å². The lowest BCUT2D eigenvalue weighted by Gasteiger charge is -2.38. The Labute approximate surface area is 230 Å². The number of piperidine rings is 1. The molecule has 5 rings (SSSR count). The molecule has 3 aliphatic rings. The first kappa shape index (κ1) is 28.7. The zero-order valence-electron chi connectivity index (χ0n) is 22.4. The van der Waals surface area contributed by atoms with E-state index < -0.39 is 29.6 Å². The quantitative estimate of drug-likeness (QED) is 0.519. The number of halogens is 4. The van der Waals surface area contributed by atoms with Crippen LogP contribution in [0.5, 0.6) is 0 Å². The van der Waals surface area contributed by atoms with Crippen molar-refractivity contribution in [3.05, 3.63) is 52.7 Å². The van der Waals surface area contributed by atoms with Crippen LogP contribution in [0.25, 0.3) is 0 Å². The van der Waals surface area contributed by atoms with E-state index in [2.05, 4.69) is 19.8 Å². The zero-order chi connectivity index (χ0) is 28.6. The van der Waals surface area contributed by atoms with Gasteiger partial charge in [-0.2, -0.15) is 13.2 Å². The molecule has 2 aromatic rings. The molecule has 1 aromatic carbocycles. The lowest BCUT2D eigenvalue weighted by molar-refractivity contribution is -0.140. The maximum absolute atomic E-state index is 14.5. The standard InChI is InChI=1S/C28H35F4N5O3/c1-17-14-23(39)25-24(17)26(34-16-33-25)36-10-12-37(13-11-36)27(40)20(6-9-35-7-4-19(38)5-8-35)18-2-3-21(22(29)15-18)28(30,31)32/h2-3,15-17,19-20,23,38-39H,4-14H2,1H3/t17-,20-,23-/m1/s1. The van der Waals surface area contributed by atoms with Crippen molar-refractivity contribution in [1.29, 1.82) is 0 Å². The molecule has 0 spiro atoms. The number of likely N-dealkylation sites (tertiary alicyclic amines) is 1. The van der Waals surface area contributed by atoms with Gasteiger partial charge in [-0.1, -0.05) is 13.0 Å². The molecule has 1 aromatic heterocycles. The third-order valence-electron chi connectivity index (χ3n) is 8.46. The van der Waals surface area contributed by atoms with Crippen LogP contribution in [0.15, 0.2) is 24.5 Å². The molecule has 0 unspecified atom stereocenters. The number of nitrogens with zero attached hydrogens (tertiary/aromatic N) is 5. The number of hydrogen-bond acceptors (Lipinski definition) is 7. The molecule has 2 fully saturated rings. The zero-order valence-corrected chi connectivity index (χ0v) is 22.4. The van der Waals surface area contributed by atoms with Gasteiger partial charge in [0, 0.05) is 44.8 Å². The van der Waals surface area contributed by atoms with Gasteiger partial charge in [-0.3, -0.25) is 4.79 Å². The van der Waals surface area contributed by atoms with Crippen molar-refractivity contribution in [2.24, 2.45) is 0 Å². The summed E-state index contributed by atoms with van der Waals surface area (Å²) < 4.78 is 54.1. The number of anilines is 1. The minimum atomic E-state index is -4.82. The summed E-state index contributed by atoms with van der Waals surface area (Å²) in [5.74, 6) is -1.56. The van der Waals surface area contributed by atoms with Crippen LogP contribution >= 0.6 is 0 Å². The van der Waals surface area contributed by atoms with Crippen molar-refractivity contribution in [2.45, 2.75) is 62.8 Å². The van der Waals surface area contributed by atoms with Crippen LogP contribution in [0, 0.1) is 5.82 Å². The van der Waals surface area contributed by atoms with Gasteiger partial charge in [0.1, 0.15) is 18.0 Å². The summed E-state index contributed by atoms with van der Waals surface area (Å²) in [5, 5.41) is 20.1. The predicted molar refractivity (Wildman–Crippen MR) is 139 cm³/mol. The molecule has 2 saturated heterocycles. The van der Waals surface area contributed by atoms with Crippen LogP contribution in [0.3, 0.4) is 0 Å². The van der Waals surface area contributed by atoms with E-state index in [9.17, 15) is 32.6 Å². The van der Waals surface area contributed by atoms with Crippen LogP contribution in [-0.2, 0) is 11.0 Å². The van der Waals surface area contributed by atoms with Gasteiger partial charge in [0.2, 0.25) is 5.91 Å². The fourth-order valence-electron chi connectivity index (χ4n) is 6.18. The first-order chi connectivity index (χ1) is 19.0. The highest BCUT2D eigenvalue weighted by molar-refractivity contribution is 5.84. The molecule has 218 valence electrons. The molecule has 1 aliphatic carbocycles. The number of fused-ring (bicyclic) bond motifs is 1. The molecule has 0 saturated carbocycles. The van der Waals surface area contributed by atoms with E-state index >= 15 is 0 Å². The molecule has 0 bridgehead atoms. The van der Waals surface area contributed by atoms with E-state index in [-0.39, 0.29) is 23.5 Å². The largest absolute Gasteiger partial charge is 0.419 e. The number of aromatic nitrogens is 2. The Morgan fingerprint density at radius 2 is 1.77 bits per heavy atom. The SMILES string of the molecule is C[C@@H]1C[C@@H](O)c2ncnc(N3CCN(C(=O)[C@H](CCN4CCC(O)CC4)c4ccc(C(F)(F)F)c(F)c4)CC3)c21. The lowest BCUT2D eigenvalue weighted by atomic mass is 9.92. The van der Waals surface area contributed by atoms with E-state index in [0.29, 0.717) is 83.3 Å². The molecule has 3 heterocycles. The fourth-order valence-corrected chi connectivity index (χ4v) is 6.18. The molecule has 0 radical (unpaired) electrons. The first-order valence-corrected chi connectivity index (χ1v) is 13.9. The van der Waals surface area contributed by atoms with E-state index in [1.54, 1.807) is 4.90 Å². The van der Waals surface area contributed by atoms with Crippen LogP contribution in [0.2, 0.25) is 0 Å². The first-order valence-electron chi connectivity index (χ1n) is 13.9. The highest BCUT2D eigenvalue weighted by atomic mass is 19.4. The van der Waals surface area contributed by atoms with Gasteiger partial charge in [-0.15, -0.1) is 0 Å². The molecule has 12 heteroatoms. The molecule has 2 aliphatic heterocycles. The number of benzene rings is 1. The van der Waals surface area contributed by atoms with Crippen molar-refractivity contribution in [3.63, 3.8) is 0 Å². The monoisotopic (exact) mass is 565 g/mol. The summed E-state index contributed by atoms with van der Waals surface area (Å²) in [6.45, 7) is 5.62. The van der Waals surface area contributed by atoms with Gasteiger partial charge in [0.25, 0.3) is 0 Å². The van der Waals surface area contributed by atoms with Gasteiger partial charge in [0.05, 0.1) is 29.4 Å².